The van der Waals surface area contributed by atoms with Crippen LogP contribution in [0.25, 0.3) is 0 Å². The van der Waals surface area contributed by atoms with Gasteiger partial charge in [0.25, 0.3) is 0 Å². The van der Waals surface area contributed by atoms with Crippen LogP contribution >= 0.6 is 11.9 Å². The second-order valence-corrected chi connectivity index (χ2v) is 6.28. The summed E-state index contributed by atoms with van der Waals surface area (Å²) in [4.78, 5) is -0.346. The van der Waals surface area contributed by atoms with E-state index in [-0.39, 0.29) is 11.4 Å². The molecule has 0 atom stereocenters. The highest BCUT2D eigenvalue weighted by atomic mass is 32.2. The molecule has 0 radical (unpaired) electrons. The molecule has 8 heteroatoms. The van der Waals surface area contributed by atoms with Gasteiger partial charge in [-0.2, -0.15) is 0 Å². The molecule has 0 saturated carbocycles. The highest BCUT2D eigenvalue weighted by Gasteiger charge is 2.26. The summed E-state index contributed by atoms with van der Waals surface area (Å²) >= 11 is 0.755. The summed E-state index contributed by atoms with van der Waals surface area (Å²) in [5.74, 6) is -6.55. The van der Waals surface area contributed by atoms with Crippen LogP contribution in [-0.4, -0.2) is 18.4 Å². The number of anilines is 2. The molecule has 3 N–H and O–H groups in total. The Balaban J connectivity index is 2.37. The SMILES string of the molecule is CN(C)Sc1c(F)c(F)c(F)c(F)c1NCc1ccc(N)cc1. The maximum absolute atomic E-state index is 14.0. The van der Waals surface area contributed by atoms with Crippen molar-refractivity contribution < 1.29 is 17.6 Å². The van der Waals surface area contributed by atoms with E-state index in [1.165, 1.54) is 4.31 Å². The molecule has 23 heavy (non-hydrogen) atoms. The summed E-state index contributed by atoms with van der Waals surface area (Å²) in [6, 6.07) is 6.67. The van der Waals surface area contributed by atoms with E-state index in [4.69, 9.17) is 5.73 Å². The lowest BCUT2D eigenvalue weighted by Crippen LogP contribution is -2.11. The maximum atomic E-state index is 14.0. The van der Waals surface area contributed by atoms with Gasteiger partial charge in [-0.3, -0.25) is 4.31 Å². The summed E-state index contributed by atoms with van der Waals surface area (Å²) in [6.07, 6.45) is 0. The number of hydrogen-bond acceptors (Lipinski definition) is 4. The number of nitrogens with zero attached hydrogens (tertiary/aromatic N) is 1. The first-order valence-electron chi connectivity index (χ1n) is 6.60. The summed E-state index contributed by atoms with van der Waals surface area (Å²) in [6.45, 7) is 0.0999. The third kappa shape index (κ3) is 3.89. The van der Waals surface area contributed by atoms with Gasteiger partial charge in [-0.05, 0) is 43.7 Å². The predicted molar refractivity (Wildman–Crippen MR) is 84.0 cm³/mol. The van der Waals surface area contributed by atoms with Crippen molar-refractivity contribution in [2.45, 2.75) is 11.4 Å². The number of nitrogens with two attached hydrogens (primary N) is 1. The van der Waals surface area contributed by atoms with Gasteiger partial charge < -0.3 is 11.1 Å². The number of nitrogen functional groups attached to an aromatic ring is 1. The van der Waals surface area contributed by atoms with Gasteiger partial charge in [0.2, 0.25) is 0 Å². The van der Waals surface area contributed by atoms with Gasteiger partial charge in [0.05, 0.1) is 10.6 Å². The van der Waals surface area contributed by atoms with Crippen LogP contribution in [0.4, 0.5) is 28.9 Å². The van der Waals surface area contributed by atoms with Gasteiger partial charge >= 0.3 is 0 Å². The number of rotatable bonds is 5. The molecule has 0 amide bonds. The molecule has 2 aromatic rings. The minimum Gasteiger partial charge on any atom is -0.399 e. The molecule has 124 valence electrons. The Hall–Kier alpha value is -1.93. The molecule has 2 rings (SSSR count). The standard InChI is InChI=1S/C15H15F4N3S/c1-22(2)23-15-13(19)11(17)10(16)12(18)14(15)21-7-8-3-5-9(20)6-4-8/h3-6,21H,7,20H2,1-2H3. The number of benzene rings is 2. The minimum absolute atomic E-state index is 0.0999. The molecular formula is C15H15F4N3S. The lowest BCUT2D eigenvalue weighted by molar-refractivity contribution is 0.400. The highest BCUT2D eigenvalue weighted by molar-refractivity contribution is 7.97. The van der Waals surface area contributed by atoms with Gasteiger partial charge in [0, 0.05) is 12.2 Å². The first-order valence-corrected chi connectivity index (χ1v) is 7.38. The third-order valence-corrected chi connectivity index (χ3v) is 3.88. The number of nitrogens with one attached hydrogen (secondary N) is 1. The first-order chi connectivity index (χ1) is 10.8. The summed E-state index contributed by atoms with van der Waals surface area (Å²) in [7, 11) is 3.15. The zero-order valence-electron chi connectivity index (χ0n) is 12.5. The summed E-state index contributed by atoms with van der Waals surface area (Å²) in [5.41, 5.74) is 6.43. The molecule has 0 aromatic heterocycles. The molecule has 0 fully saturated rings. The van der Waals surface area contributed by atoms with Gasteiger partial charge in [0.1, 0.15) is 0 Å². The van der Waals surface area contributed by atoms with Crippen molar-refractivity contribution in [3.8, 4) is 0 Å². The van der Waals surface area contributed by atoms with Crippen molar-refractivity contribution in [2.75, 3.05) is 25.1 Å². The van der Waals surface area contributed by atoms with Crippen molar-refractivity contribution in [2.24, 2.45) is 0 Å². The molecule has 2 aromatic carbocycles. The quantitative estimate of drug-likeness (QED) is 0.282. The molecule has 0 spiro atoms. The van der Waals surface area contributed by atoms with Gasteiger partial charge in [-0.15, -0.1) is 0 Å². The van der Waals surface area contributed by atoms with E-state index in [2.05, 4.69) is 5.32 Å². The van der Waals surface area contributed by atoms with Crippen LogP contribution in [0.5, 0.6) is 0 Å². The Morgan fingerprint density at radius 3 is 2.09 bits per heavy atom. The van der Waals surface area contributed by atoms with Crippen LogP contribution in [0.1, 0.15) is 5.56 Å². The fraction of sp³-hybridized carbons (Fsp3) is 0.200. The van der Waals surface area contributed by atoms with Crippen LogP contribution in [0.3, 0.4) is 0 Å². The van der Waals surface area contributed by atoms with Crippen LogP contribution in [0.2, 0.25) is 0 Å². The van der Waals surface area contributed by atoms with E-state index in [0.717, 1.165) is 17.5 Å². The predicted octanol–water partition coefficient (Wildman–Crippen LogP) is 4.01. The average Bonchev–Trinajstić information content (AvgIpc) is 2.51. The Morgan fingerprint density at radius 1 is 0.957 bits per heavy atom. The smallest absolute Gasteiger partial charge is 0.199 e. The summed E-state index contributed by atoms with van der Waals surface area (Å²) < 4.78 is 56.3. The van der Waals surface area contributed by atoms with Gasteiger partial charge in [-0.25, -0.2) is 17.6 Å². The lowest BCUT2D eigenvalue weighted by atomic mass is 10.2. The largest absolute Gasteiger partial charge is 0.399 e. The van der Waals surface area contributed by atoms with Gasteiger partial charge in [-0.1, -0.05) is 12.1 Å². The van der Waals surface area contributed by atoms with Gasteiger partial charge in [0.15, 0.2) is 23.3 Å². The normalized spacial score (nSPS) is 11.1. The van der Waals surface area contributed by atoms with E-state index in [1.807, 2.05) is 0 Å². The Kier molecular flexibility index (Phi) is 5.38. The third-order valence-electron chi connectivity index (χ3n) is 2.95. The van der Waals surface area contributed by atoms with E-state index in [9.17, 15) is 17.6 Å². The summed E-state index contributed by atoms with van der Waals surface area (Å²) in [5, 5.41) is 2.62. The van der Waals surface area contributed by atoms with E-state index in [1.54, 1.807) is 38.4 Å². The van der Waals surface area contributed by atoms with Crippen molar-refractivity contribution in [3.63, 3.8) is 0 Å². The molecule has 0 heterocycles. The average molecular weight is 345 g/mol. The van der Waals surface area contributed by atoms with Crippen molar-refractivity contribution in [3.05, 3.63) is 53.1 Å². The van der Waals surface area contributed by atoms with E-state index in [0.29, 0.717) is 5.69 Å². The molecular weight excluding hydrogens is 330 g/mol. The zero-order chi connectivity index (χ0) is 17.1. The fourth-order valence-corrected chi connectivity index (χ4v) is 2.65. The van der Waals surface area contributed by atoms with E-state index >= 15 is 0 Å². The maximum Gasteiger partial charge on any atom is 0.199 e. The lowest BCUT2D eigenvalue weighted by Gasteiger charge is -2.17. The topological polar surface area (TPSA) is 41.3 Å². The van der Waals surface area contributed by atoms with E-state index < -0.39 is 29.0 Å². The monoisotopic (exact) mass is 345 g/mol. The molecule has 0 aliphatic heterocycles. The first kappa shape index (κ1) is 17.4. The zero-order valence-corrected chi connectivity index (χ0v) is 13.3. The highest BCUT2D eigenvalue weighted by Crippen LogP contribution is 2.36. The Labute approximate surface area is 135 Å². The molecule has 0 bridgehead atoms. The molecule has 0 unspecified atom stereocenters. The van der Waals surface area contributed by atoms with Crippen LogP contribution < -0.4 is 11.1 Å². The number of halogens is 4. The minimum atomic E-state index is -1.84. The van der Waals surface area contributed by atoms with Crippen molar-refractivity contribution in [1.82, 2.24) is 4.31 Å². The molecule has 0 saturated heterocycles. The second-order valence-electron chi connectivity index (χ2n) is 4.96. The van der Waals surface area contributed by atoms with Crippen LogP contribution in [-0.2, 0) is 6.54 Å². The second kappa shape index (κ2) is 7.10. The van der Waals surface area contributed by atoms with Crippen LogP contribution in [0.15, 0.2) is 29.2 Å². The van der Waals surface area contributed by atoms with Crippen molar-refractivity contribution in [1.29, 1.82) is 0 Å². The van der Waals surface area contributed by atoms with Crippen molar-refractivity contribution >= 4 is 23.3 Å². The number of hydrogen-bond donors (Lipinski definition) is 2. The Bertz CT molecular complexity index is 705. The fourth-order valence-electron chi connectivity index (χ4n) is 1.86. The molecule has 0 aliphatic rings. The molecule has 0 aliphatic carbocycles. The molecule has 3 nitrogen and oxygen atoms in total. The van der Waals surface area contributed by atoms with Crippen LogP contribution in [0, 0.1) is 23.3 Å². The Morgan fingerprint density at radius 2 is 1.52 bits per heavy atom.